The molecular weight excluding hydrogens is 334 g/mol. The molecule has 1 aliphatic rings. The molecule has 1 aliphatic heterocycles. The topological polar surface area (TPSA) is 93.2 Å². The number of pyridine rings is 2. The molecule has 4 heterocycles. The lowest BCUT2D eigenvalue weighted by atomic mass is 10.2. The number of carboxylic acid groups (broad SMARTS) is 1. The molecule has 1 atom stereocenters. The molecule has 1 fully saturated rings. The Labute approximate surface area is 140 Å². The van der Waals surface area contributed by atoms with Crippen LogP contribution in [-0.2, 0) is 7.05 Å². The highest BCUT2D eigenvalue weighted by Gasteiger charge is 2.30. The lowest BCUT2D eigenvalue weighted by Gasteiger charge is -2.14. The molecule has 0 radical (unpaired) electrons. The molecule has 0 aromatic carbocycles. The lowest BCUT2D eigenvalue weighted by molar-refractivity contribution is 0.154. The highest BCUT2D eigenvalue weighted by molar-refractivity contribution is 6.30. The van der Waals surface area contributed by atoms with E-state index in [-0.39, 0.29) is 18.3 Å². The van der Waals surface area contributed by atoms with E-state index in [0.29, 0.717) is 40.2 Å². The predicted molar refractivity (Wildman–Crippen MR) is 88.5 cm³/mol. The smallest absolute Gasteiger partial charge is 0.407 e. The molecule has 0 unspecified atom stereocenters. The summed E-state index contributed by atoms with van der Waals surface area (Å²) in [5, 5.41) is 9.49. The third kappa shape index (κ3) is 2.06. The zero-order valence-corrected chi connectivity index (χ0v) is 13.6. The van der Waals surface area contributed by atoms with E-state index >= 15 is 0 Å². The van der Waals surface area contributed by atoms with Crippen molar-refractivity contribution in [2.75, 3.05) is 13.1 Å². The van der Waals surface area contributed by atoms with Crippen LogP contribution in [-0.4, -0.2) is 48.3 Å². The van der Waals surface area contributed by atoms with Gasteiger partial charge in [0, 0.05) is 20.1 Å². The number of aromatic nitrogens is 4. The van der Waals surface area contributed by atoms with Crippen LogP contribution in [0.3, 0.4) is 0 Å². The van der Waals surface area contributed by atoms with E-state index in [1.807, 2.05) is 0 Å². The van der Waals surface area contributed by atoms with Gasteiger partial charge in [-0.25, -0.2) is 14.6 Å². The number of fused-ring (bicyclic) bond motifs is 3. The van der Waals surface area contributed by atoms with Gasteiger partial charge in [0.2, 0.25) is 0 Å². The number of rotatable bonds is 1. The van der Waals surface area contributed by atoms with Gasteiger partial charge < -0.3 is 10.0 Å². The molecule has 0 saturated carbocycles. The van der Waals surface area contributed by atoms with Crippen molar-refractivity contribution in [3.8, 4) is 0 Å². The first-order valence-electron chi connectivity index (χ1n) is 7.47. The molecule has 3 aromatic heterocycles. The van der Waals surface area contributed by atoms with E-state index < -0.39 is 6.09 Å². The van der Waals surface area contributed by atoms with E-state index in [9.17, 15) is 9.59 Å². The highest BCUT2D eigenvalue weighted by Crippen LogP contribution is 2.28. The van der Waals surface area contributed by atoms with Gasteiger partial charge in [-0.2, -0.15) is 0 Å². The Morgan fingerprint density at radius 2 is 2.21 bits per heavy atom. The van der Waals surface area contributed by atoms with Crippen molar-refractivity contribution in [3.63, 3.8) is 0 Å². The Bertz CT molecular complexity index is 1040. The Hall–Kier alpha value is -2.61. The monoisotopic (exact) mass is 347 g/mol. The number of halogens is 1. The molecule has 1 N–H and O–H groups in total. The van der Waals surface area contributed by atoms with Gasteiger partial charge in [-0.1, -0.05) is 11.6 Å². The van der Waals surface area contributed by atoms with Crippen LogP contribution in [0.2, 0.25) is 5.15 Å². The van der Waals surface area contributed by atoms with Crippen molar-refractivity contribution in [1.82, 2.24) is 24.0 Å². The minimum atomic E-state index is -0.974. The number of hydrogen-bond donors (Lipinski definition) is 1. The van der Waals surface area contributed by atoms with Crippen LogP contribution in [0, 0.1) is 0 Å². The average molecular weight is 348 g/mol. The summed E-state index contributed by atoms with van der Waals surface area (Å²) in [6, 6.07) is 3.17. The number of aryl methyl sites for hydroxylation is 1. The van der Waals surface area contributed by atoms with Crippen molar-refractivity contribution in [3.05, 3.63) is 34.0 Å². The Morgan fingerprint density at radius 1 is 1.42 bits per heavy atom. The maximum absolute atomic E-state index is 12.8. The summed E-state index contributed by atoms with van der Waals surface area (Å²) in [6.45, 7) is 0.679. The van der Waals surface area contributed by atoms with Crippen LogP contribution < -0.4 is 5.69 Å². The predicted octanol–water partition coefficient (Wildman–Crippen LogP) is 1.86. The summed E-state index contributed by atoms with van der Waals surface area (Å²) in [7, 11) is 1.67. The zero-order chi connectivity index (χ0) is 17.0. The fourth-order valence-corrected chi connectivity index (χ4v) is 3.48. The molecule has 1 amide bonds. The second-order valence-corrected chi connectivity index (χ2v) is 6.26. The quantitative estimate of drug-likeness (QED) is 0.678. The van der Waals surface area contributed by atoms with Crippen LogP contribution in [0.4, 0.5) is 4.79 Å². The minimum absolute atomic E-state index is 0.210. The lowest BCUT2D eigenvalue weighted by Crippen LogP contribution is -2.30. The van der Waals surface area contributed by atoms with Crippen LogP contribution in [0.1, 0.15) is 12.5 Å². The van der Waals surface area contributed by atoms with Crippen LogP contribution in [0.25, 0.3) is 22.1 Å². The molecule has 3 aromatic rings. The number of imidazole rings is 1. The summed E-state index contributed by atoms with van der Waals surface area (Å²) >= 11 is 6.02. The number of likely N-dealkylation sites (tertiary alicyclic amines) is 1. The summed E-state index contributed by atoms with van der Waals surface area (Å²) in [5.41, 5.74) is 2.27. The fourth-order valence-electron chi connectivity index (χ4n) is 3.33. The summed E-state index contributed by atoms with van der Waals surface area (Å²) in [5.74, 6) is 0. The van der Waals surface area contributed by atoms with Crippen molar-refractivity contribution >= 4 is 39.8 Å². The molecule has 124 valence electrons. The van der Waals surface area contributed by atoms with Crippen molar-refractivity contribution in [2.24, 2.45) is 7.05 Å². The first-order chi connectivity index (χ1) is 11.5. The van der Waals surface area contributed by atoms with Gasteiger partial charge in [-0.3, -0.25) is 14.1 Å². The van der Waals surface area contributed by atoms with Gasteiger partial charge >= 0.3 is 11.8 Å². The second-order valence-electron chi connectivity index (χ2n) is 5.88. The maximum atomic E-state index is 12.8. The van der Waals surface area contributed by atoms with Gasteiger partial charge in [0.05, 0.1) is 28.8 Å². The molecule has 8 nitrogen and oxygen atoms in total. The Balaban J connectivity index is 2.01. The standard InChI is InChI=1S/C15H14ClN5O3/c1-19-10-6-17-9-2-3-11(16)18-12(9)13(10)21(14(19)22)8-4-5-20(7-8)15(23)24/h2-3,6,8H,4-5,7H2,1H3,(H,23,24)/t8-/m0/s1. The van der Waals surface area contributed by atoms with E-state index in [1.165, 1.54) is 9.47 Å². The van der Waals surface area contributed by atoms with Gasteiger partial charge in [0.15, 0.2) is 0 Å². The van der Waals surface area contributed by atoms with Gasteiger partial charge in [0.1, 0.15) is 10.7 Å². The summed E-state index contributed by atoms with van der Waals surface area (Å²) in [6.07, 6.45) is 1.24. The Kier molecular flexibility index (Phi) is 3.24. The van der Waals surface area contributed by atoms with Gasteiger partial charge in [-0.05, 0) is 18.6 Å². The Morgan fingerprint density at radius 3 is 2.92 bits per heavy atom. The summed E-state index contributed by atoms with van der Waals surface area (Å²) in [4.78, 5) is 33.9. The largest absolute Gasteiger partial charge is 0.465 e. The van der Waals surface area contributed by atoms with Crippen molar-refractivity contribution in [2.45, 2.75) is 12.5 Å². The normalized spacial score (nSPS) is 17.9. The van der Waals surface area contributed by atoms with Crippen molar-refractivity contribution < 1.29 is 9.90 Å². The number of amides is 1. The number of carbonyl (C=O) groups is 1. The fraction of sp³-hybridized carbons (Fsp3) is 0.333. The van der Waals surface area contributed by atoms with Crippen LogP contribution in [0.15, 0.2) is 23.1 Å². The van der Waals surface area contributed by atoms with E-state index in [4.69, 9.17) is 16.7 Å². The maximum Gasteiger partial charge on any atom is 0.407 e. The molecule has 0 aliphatic carbocycles. The summed E-state index contributed by atoms with van der Waals surface area (Å²) < 4.78 is 3.14. The molecule has 24 heavy (non-hydrogen) atoms. The second kappa shape index (κ2) is 5.20. The SMILES string of the molecule is Cn1c(=O)n([C@H]2CCN(C(=O)O)C2)c2c3nc(Cl)ccc3ncc21. The zero-order valence-electron chi connectivity index (χ0n) is 12.8. The molecule has 0 spiro atoms. The van der Waals surface area contributed by atoms with Crippen molar-refractivity contribution in [1.29, 1.82) is 0 Å². The molecule has 4 rings (SSSR count). The molecular formula is C15H14ClN5O3. The average Bonchev–Trinajstić information content (AvgIpc) is 3.12. The molecule has 0 bridgehead atoms. The van der Waals surface area contributed by atoms with E-state index in [1.54, 1.807) is 29.9 Å². The molecule has 9 heteroatoms. The third-order valence-corrected chi connectivity index (χ3v) is 4.74. The third-order valence-electron chi connectivity index (χ3n) is 4.53. The van der Waals surface area contributed by atoms with E-state index in [2.05, 4.69) is 9.97 Å². The first kappa shape index (κ1) is 14.9. The first-order valence-corrected chi connectivity index (χ1v) is 7.85. The van der Waals surface area contributed by atoms with Gasteiger partial charge in [0.25, 0.3) is 0 Å². The van der Waals surface area contributed by atoms with Gasteiger partial charge in [-0.15, -0.1) is 0 Å². The van der Waals surface area contributed by atoms with E-state index in [0.717, 1.165) is 0 Å². The van der Waals surface area contributed by atoms with Crippen LogP contribution >= 0.6 is 11.6 Å². The number of nitrogens with zero attached hydrogens (tertiary/aromatic N) is 5. The highest BCUT2D eigenvalue weighted by atomic mass is 35.5. The van der Waals surface area contributed by atoms with Crippen LogP contribution in [0.5, 0.6) is 0 Å². The minimum Gasteiger partial charge on any atom is -0.465 e. The number of hydrogen-bond acceptors (Lipinski definition) is 4. The molecule has 1 saturated heterocycles.